The summed E-state index contributed by atoms with van der Waals surface area (Å²) in [7, 11) is 0. The maximum absolute atomic E-state index is 10.8. The summed E-state index contributed by atoms with van der Waals surface area (Å²) >= 11 is 1.53. The Morgan fingerprint density at radius 1 is 1.37 bits per heavy atom. The van der Waals surface area contributed by atoms with Crippen LogP contribution < -0.4 is 10.5 Å². The molecule has 0 saturated heterocycles. The molecule has 0 bridgehead atoms. The van der Waals surface area contributed by atoms with E-state index in [0.29, 0.717) is 18.1 Å². The fourth-order valence-electron chi connectivity index (χ4n) is 1.42. The van der Waals surface area contributed by atoms with Gasteiger partial charge in [0.15, 0.2) is 0 Å². The lowest BCUT2D eigenvalue weighted by atomic mass is 10.3. The number of rotatable bonds is 4. The molecule has 0 spiro atoms. The molecular formula is C11H8N4O3S. The standard InChI is InChI=1S/C11H8N4O3S/c16-11-14-10(15-18-11)8-2-1-7(5-13-8)17-6-9-12-3-4-19-9/h1-5H,6H2,(H,14,15,16). The molecule has 3 aromatic heterocycles. The van der Waals surface area contributed by atoms with E-state index in [1.54, 1.807) is 24.5 Å². The van der Waals surface area contributed by atoms with Crippen LogP contribution in [-0.2, 0) is 6.61 Å². The molecule has 0 saturated carbocycles. The molecule has 0 aliphatic rings. The van der Waals surface area contributed by atoms with Crippen molar-refractivity contribution in [1.82, 2.24) is 20.1 Å². The largest absolute Gasteiger partial charge is 0.485 e. The molecule has 0 unspecified atom stereocenters. The predicted molar refractivity (Wildman–Crippen MR) is 66.8 cm³/mol. The lowest BCUT2D eigenvalue weighted by molar-refractivity contribution is 0.304. The Labute approximate surface area is 110 Å². The zero-order chi connectivity index (χ0) is 13.1. The highest BCUT2D eigenvalue weighted by atomic mass is 32.1. The van der Waals surface area contributed by atoms with Crippen LogP contribution in [0.1, 0.15) is 5.01 Å². The van der Waals surface area contributed by atoms with E-state index in [0.717, 1.165) is 5.01 Å². The summed E-state index contributed by atoms with van der Waals surface area (Å²) < 4.78 is 9.92. The molecule has 0 atom stereocenters. The first-order chi connectivity index (χ1) is 9.31. The van der Waals surface area contributed by atoms with Crippen molar-refractivity contribution in [2.75, 3.05) is 0 Å². The Hall–Kier alpha value is -2.48. The predicted octanol–water partition coefficient (Wildman–Crippen LogP) is 1.46. The average Bonchev–Trinajstić information content (AvgIpc) is 3.08. The number of pyridine rings is 1. The summed E-state index contributed by atoms with van der Waals surface area (Å²) in [6.07, 6.45) is 3.28. The molecule has 3 aromatic rings. The van der Waals surface area contributed by atoms with Gasteiger partial charge in [-0.1, -0.05) is 5.16 Å². The Balaban J connectivity index is 1.70. The second-order valence-electron chi connectivity index (χ2n) is 3.54. The third kappa shape index (κ3) is 2.68. The summed E-state index contributed by atoms with van der Waals surface area (Å²) in [6, 6.07) is 3.42. The SMILES string of the molecule is O=c1[nH]c(-c2ccc(OCc3nccs3)cn2)no1. The molecule has 8 heteroatoms. The van der Waals surface area contributed by atoms with Gasteiger partial charge in [0.25, 0.3) is 0 Å². The van der Waals surface area contributed by atoms with Gasteiger partial charge in [0, 0.05) is 11.6 Å². The van der Waals surface area contributed by atoms with Crippen molar-refractivity contribution in [1.29, 1.82) is 0 Å². The third-order valence-corrected chi connectivity index (χ3v) is 3.02. The molecule has 96 valence electrons. The zero-order valence-electron chi connectivity index (χ0n) is 9.57. The van der Waals surface area contributed by atoms with E-state index in [4.69, 9.17) is 4.74 Å². The van der Waals surface area contributed by atoms with Crippen LogP contribution in [0.2, 0.25) is 0 Å². The van der Waals surface area contributed by atoms with E-state index in [2.05, 4.69) is 24.6 Å². The minimum atomic E-state index is -0.610. The molecule has 7 nitrogen and oxygen atoms in total. The Morgan fingerprint density at radius 3 is 2.95 bits per heavy atom. The second kappa shape index (κ2) is 5.02. The highest BCUT2D eigenvalue weighted by Gasteiger charge is 2.06. The minimum absolute atomic E-state index is 0.288. The quantitative estimate of drug-likeness (QED) is 0.775. The summed E-state index contributed by atoms with van der Waals surface area (Å²) in [5, 5.41) is 6.33. The van der Waals surface area contributed by atoms with Gasteiger partial charge in [0.2, 0.25) is 5.82 Å². The maximum atomic E-state index is 10.8. The molecule has 19 heavy (non-hydrogen) atoms. The number of nitrogens with one attached hydrogen (secondary N) is 1. The van der Waals surface area contributed by atoms with E-state index in [1.807, 2.05) is 5.38 Å². The van der Waals surface area contributed by atoms with Crippen molar-refractivity contribution in [3.63, 3.8) is 0 Å². The van der Waals surface area contributed by atoms with Gasteiger partial charge in [0.1, 0.15) is 23.1 Å². The van der Waals surface area contributed by atoms with Crippen molar-refractivity contribution < 1.29 is 9.26 Å². The summed E-state index contributed by atoms with van der Waals surface area (Å²) in [5.41, 5.74) is 0.507. The lowest BCUT2D eigenvalue weighted by Gasteiger charge is -2.03. The Morgan fingerprint density at radius 2 is 2.32 bits per heavy atom. The fraction of sp³-hybridized carbons (Fsp3) is 0.0909. The highest BCUT2D eigenvalue weighted by Crippen LogP contribution is 2.16. The molecule has 0 amide bonds. The van der Waals surface area contributed by atoms with Crippen LogP contribution in [0.3, 0.4) is 0 Å². The van der Waals surface area contributed by atoms with Gasteiger partial charge in [0.05, 0.1) is 6.20 Å². The van der Waals surface area contributed by atoms with E-state index >= 15 is 0 Å². The number of ether oxygens (including phenoxy) is 1. The van der Waals surface area contributed by atoms with Crippen molar-refractivity contribution >= 4 is 11.3 Å². The molecule has 0 aliphatic carbocycles. The zero-order valence-corrected chi connectivity index (χ0v) is 10.4. The van der Waals surface area contributed by atoms with Crippen LogP contribution in [-0.4, -0.2) is 20.1 Å². The first-order valence-electron chi connectivity index (χ1n) is 5.35. The van der Waals surface area contributed by atoms with Gasteiger partial charge >= 0.3 is 5.76 Å². The summed E-state index contributed by atoms with van der Waals surface area (Å²) in [5.74, 6) is 0.294. The monoisotopic (exact) mass is 276 g/mol. The number of nitrogens with zero attached hydrogens (tertiary/aromatic N) is 3. The summed E-state index contributed by atoms with van der Waals surface area (Å²) in [4.78, 5) is 21.5. The Bertz CT molecular complexity index is 702. The van der Waals surface area contributed by atoms with E-state index in [1.165, 1.54) is 11.3 Å². The molecule has 0 aromatic carbocycles. The van der Waals surface area contributed by atoms with Crippen molar-refractivity contribution in [2.24, 2.45) is 0 Å². The highest BCUT2D eigenvalue weighted by molar-refractivity contribution is 7.09. The summed E-state index contributed by atoms with van der Waals surface area (Å²) in [6.45, 7) is 0.402. The third-order valence-electron chi connectivity index (χ3n) is 2.27. The van der Waals surface area contributed by atoms with Crippen LogP contribution >= 0.6 is 11.3 Å². The van der Waals surface area contributed by atoms with Gasteiger partial charge in [-0.25, -0.2) is 14.8 Å². The molecule has 3 rings (SSSR count). The number of hydrogen-bond acceptors (Lipinski definition) is 7. The number of aromatic nitrogens is 4. The second-order valence-corrected chi connectivity index (χ2v) is 4.52. The molecule has 0 fully saturated rings. The van der Waals surface area contributed by atoms with Crippen molar-refractivity contribution in [3.8, 4) is 17.3 Å². The van der Waals surface area contributed by atoms with E-state index < -0.39 is 5.76 Å². The van der Waals surface area contributed by atoms with Crippen molar-refractivity contribution in [2.45, 2.75) is 6.61 Å². The van der Waals surface area contributed by atoms with Crippen LogP contribution in [0.5, 0.6) is 5.75 Å². The van der Waals surface area contributed by atoms with Gasteiger partial charge < -0.3 is 4.74 Å². The number of aromatic amines is 1. The van der Waals surface area contributed by atoms with E-state index in [9.17, 15) is 4.79 Å². The lowest BCUT2D eigenvalue weighted by Crippen LogP contribution is -1.97. The first-order valence-corrected chi connectivity index (χ1v) is 6.23. The molecule has 3 heterocycles. The fourth-order valence-corrected chi connectivity index (χ4v) is 1.94. The smallest absolute Gasteiger partial charge is 0.439 e. The molecular weight excluding hydrogens is 268 g/mol. The first kappa shape index (κ1) is 11.6. The topological polar surface area (TPSA) is 93.9 Å². The van der Waals surface area contributed by atoms with Crippen LogP contribution in [0, 0.1) is 0 Å². The number of H-pyrrole nitrogens is 1. The molecule has 0 radical (unpaired) electrons. The van der Waals surface area contributed by atoms with Gasteiger partial charge in [-0.15, -0.1) is 11.3 Å². The van der Waals surface area contributed by atoms with Crippen LogP contribution in [0.15, 0.2) is 39.2 Å². The normalized spacial score (nSPS) is 10.5. The average molecular weight is 276 g/mol. The maximum Gasteiger partial charge on any atom is 0.439 e. The number of hydrogen-bond donors (Lipinski definition) is 1. The van der Waals surface area contributed by atoms with Crippen molar-refractivity contribution in [3.05, 3.63) is 45.5 Å². The molecule has 1 N–H and O–H groups in total. The van der Waals surface area contributed by atoms with E-state index in [-0.39, 0.29) is 5.82 Å². The Kier molecular flexibility index (Phi) is 3.07. The van der Waals surface area contributed by atoms with Gasteiger partial charge in [-0.05, 0) is 12.1 Å². The molecule has 0 aliphatic heterocycles. The van der Waals surface area contributed by atoms with Crippen LogP contribution in [0.4, 0.5) is 0 Å². The van der Waals surface area contributed by atoms with Gasteiger partial charge in [-0.3, -0.25) is 9.51 Å². The minimum Gasteiger partial charge on any atom is -0.485 e. The number of thiazole rings is 1. The van der Waals surface area contributed by atoms with Crippen LogP contribution in [0.25, 0.3) is 11.5 Å². The van der Waals surface area contributed by atoms with Gasteiger partial charge in [-0.2, -0.15) is 0 Å².